The predicted octanol–water partition coefficient (Wildman–Crippen LogP) is 15.5. The molecule has 4 aliphatic rings. The summed E-state index contributed by atoms with van der Waals surface area (Å²) in [5.41, 5.74) is 6.77. The monoisotopic (exact) mass is 898 g/mol. The molecule has 2 atom stereocenters. The fraction of sp³-hybridized carbons (Fsp3) is 0.400. The highest BCUT2D eigenvalue weighted by molar-refractivity contribution is 7.20. The number of rotatable bonds is 3. The van der Waals surface area contributed by atoms with Crippen molar-refractivity contribution in [3.63, 3.8) is 0 Å². The molecule has 5 heterocycles. The van der Waals surface area contributed by atoms with Gasteiger partial charge in [0.15, 0.2) is 0 Å². The first-order valence-corrected chi connectivity index (χ1v) is 24.8. The fourth-order valence-corrected chi connectivity index (χ4v) is 12.6. The largest absolute Gasteiger partial charge is 0.460 e. The van der Waals surface area contributed by atoms with E-state index in [1.807, 2.05) is 57.4 Å². The zero-order valence-electron chi connectivity index (χ0n) is 49.3. The Labute approximate surface area is 410 Å². The Morgan fingerprint density at radius 1 is 0.591 bits per heavy atom. The number of benzene rings is 5. The molecule has 2 unspecified atom stereocenters. The number of thiophene rings is 1. The van der Waals surface area contributed by atoms with Crippen LogP contribution in [0.4, 0.5) is 44.8 Å². The van der Waals surface area contributed by atoms with Gasteiger partial charge in [-0.25, -0.2) is 0 Å². The first-order valence-electron chi connectivity index (χ1n) is 27.9. The average molecular weight is 898 g/mol. The van der Waals surface area contributed by atoms with Gasteiger partial charge in [0.1, 0.15) is 11.3 Å². The van der Waals surface area contributed by atoms with Crippen LogP contribution < -0.4 is 31.1 Å². The molecule has 0 bridgehead atoms. The van der Waals surface area contributed by atoms with E-state index in [1.54, 1.807) is 11.3 Å². The number of para-hydroxylation sites is 1. The Morgan fingerprint density at radius 3 is 1.79 bits per heavy atom. The maximum atomic E-state index is 10.1. The fourth-order valence-electron chi connectivity index (χ4n) is 11.3. The second-order valence-corrected chi connectivity index (χ2v) is 25.1. The van der Waals surface area contributed by atoms with E-state index in [-0.39, 0.29) is 76.0 Å². The van der Waals surface area contributed by atoms with Gasteiger partial charge in [-0.15, -0.1) is 11.3 Å². The second-order valence-electron chi connectivity index (χ2n) is 24.0. The Hall–Kier alpha value is -5.20. The highest BCUT2D eigenvalue weighted by atomic mass is 32.1. The van der Waals surface area contributed by atoms with Crippen LogP contribution in [0.5, 0.6) is 0 Å². The SMILES string of the molecule is [2H]c1c([2H])c(C(C)(C)C)c([2H])c([2H])c1N1c2cc3oc(C(C)(C)C)cc3cc2B2c3cc(C(C)(C)C)sc3N(c3c([2H])c([2H])c(C(C)(C)C)c([2H])c3[2H])c3cc(N4c5ccccc5C5(C)CCCCC45C)cc1c32. The molecule has 0 radical (unpaired) electrons. The Morgan fingerprint density at radius 2 is 1.18 bits per heavy atom. The summed E-state index contributed by atoms with van der Waals surface area (Å²) in [6, 6.07) is 20.7. The number of nitrogens with zero attached hydrogens (tertiary/aromatic N) is 3. The van der Waals surface area contributed by atoms with Crippen LogP contribution in [0.3, 0.4) is 0 Å². The molecule has 4 nitrogen and oxygen atoms in total. The summed E-state index contributed by atoms with van der Waals surface area (Å²) >= 11 is 1.62. The quantitative estimate of drug-likeness (QED) is 0.165. The number of hydrogen-bond acceptors (Lipinski definition) is 5. The number of furan rings is 1. The molecule has 0 spiro atoms. The van der Waals surface area contributed by atoms with Crippen molar-refractivity contribution in [1.29, 1.82) is 0 Å². The van der Waals surface area contributed by atoms with Gasteiger partial charge in [-0.3, -0.25) is 0 Å². The van der Waals surface area contributed by atoms with Crippen molar-refractivity contribution in [1.82, 2.24) is 0 Å². The number of hydrogen-bond donors (Lipinski definition) is 0. The van der Waals surface area contributed by atoms with Crippen molar-refractivity contribution in [2.75, 3.05) is 14.7 Å². The van der Waals surface area contributed by atoms with Crippen LogP contribution in [0.15, 0.2) is 113 Å². The van der Waals surface area contributed by atoms with Crippen LogP contribution in [-0.4, -0.2) is 12.3 Å². The summed E-state index contributed by atoms with van der Waals surface area (Å²) in [7, 11) is 0. The Kier molecular flexibility index (Phi) is 7.52. The van der Waals surface area contributed by atoms with Crippen LogP contribution in [0.2, 0.25) is 0 Å². The van der Waals surface area contributed by atoms with Gasteiger partial charge in [0, 0.05) is 67.0 Å². The second kappa shape index (κ2) is 14.2. The highest BCUT2D eigenvalue weighted by Gasteiger charge is 2.58. The minimum absolute atomic E-state index is 0.0830. The lowest BCUT2D eigenvalue weighted by atomic mass is 9.34. The van der Waals surface area contributed by atoms with Crippen molar-refractivity contribution < 1.29 is 15.4 Å². The molecule has 0 N–H and O–H groups in total. The summed E-state index contributed by atoms with van der Waals surface area (Å²) in [5, 5.41) is 1.69. The smallest absolute Gasteiger partial charge is 0.253 e. The number of fused-ring (bicyclic) bond motifs is 8. The van der Waals surface area contributed by atoms with E-state index in [4.69, 9.17) is 4.42 Å². The molecule has 1 saturated carbocycles. The molecule has 5 aromatic carbocycles. The molecule has 7 aromatic rings. The van der Waals surface area contributed by atoms with Crippen molar-refractivity contribution in [3.8, 4) is 0 Å². The highest BCUT2D eigenvalue weighted by Crippen LogP contribution is 2.62. The predicted molar refractivity (Wildman–Crippen MR) is 286 cm³/mol. The maximum absolute atomic E-state index is 10.1. The van der Waals surface area contributed by atoms with Gasteiger partial charge in [-0.05, 0) is 118 Å². The summed E-state index contributed by atoms with van der Waals surface area (Å²) in [5.74, 6) is 0.806. The molecular weight excluding hydrogens is 822 g/mol. The van der Waals surface area contributed by atoms with E-state index in [0.29, 0.717) is 33.8 Å². The Bertz CT molecular complexity index is 3510. The van der Waals surface area contributed by atoms with Gasteiger partial charge in [0.25, 0.3) is 6.71 Å². The summed E-state index contributed by atoms with van der Waals surface area (Å²) in [4.78, 5) is 7.52. The third-order valence-electron chi connectivity index (χ3n) is 15.3. The van der Waals surface area contributed by atoms with E-state index in [0.717, 1.165) is 74.5 Å². The van der Waals surface area contributed by atoms with Crippen LogP contribution in [-0.2, 0) is 27.1 Å². The summed E-state index contributed by atoms with van der Waals surface area (Å²) < 4.78 is 85.6. The third-order valence-corrected chi connectivity index (χ3v) is 16.8. The molecule has 0 saturated heterocycles. The lowest BCUT2D eigenvalue weighted by molar-refractivity contribution is 0.195. The van der Waals surface area contributed by atoms with Gasteiger partial charge in [0.05, 0.1) is 21.5 Å². The lowest BCUT2D eigenvalue weighted by Crippen LogP contribution is -2.61. The molecule has 1 fully saturated rings. The molecule has 2 aromatic heterocycles. The van der Waals surface area contributed by atoms with Crippen molar-refractivity contribution in [2.24, 2.45) is 0 Å². The molecule has 6 heteroatoms. The van der Waals surface area contributed by atoms with Crippen LogP contribution in [0, 0.1) is 0 Å². The van der Waals surface area contributed by atoms with E-state index in [9.17, 15) is 11.0 Å². The normalized spacial score (nSPS) is 22.0. The Balaban J connectivity index is 1.35. The van der Waals surface area contributed by atoms with Gasteiger partial charge < -0.3 is 19.1 Å². The zero-order chi connectivity index (χ0) is 53.6. The molecule has 66 heavy (non-hydrogen) atoms. The van der Waals surface area contributed by atoms with E-state index in [1.165, 1.54) is 5.56 Å². The van der Waals surface area contributed by atoms with E-state index < -0.39 is 23.1 Å². The van der Waals surface area contributed by atoms with Crippen molar-refractivity contribution >= 4 is 90.2 Å². The number of anilines is 8. The van der Waals surface area contributed by atoms with E-state index in [2.05, 4.69) is 115 Å². The molecule has 1 aliphatic carbocycles. The molecule has 338 valence electrons. The van der Waals surface area contributed by atoms with Crippen LogP contribution in [0.1, 0.15) is 161 Å². The van der Waals surface area contributed by atoms with Crippen LogP contribution in [0.25, 0.3) is 11.0 Å². The molecule has 11 rings (SSSR count). The average Bonchev–Trinajstić information content (AvgIpc) is 4.00. The first-order chi connectivity index (χ1) is 34.3. The van der Waals surface area contributed by atoms with Gasteiger partial charge >= 0.3 is 0 Å². The standard InChI is InChI=1S/C60H68BN3OS/c1-55(2,3)38-21-25-40(26-22-38)62-47-36-50-37(32-51(65-50)57(7,8)9)31-44(47)61-45-35-52(58(10,11)12)66-54(45)63(41-27-23-39(24-28-41)56(4,5)6)49-34-42(33-48(62)53(49)61)64-46-20-16-15-19-43(46)59(13)29-17-18-30-60(59,64)14/h15-16,19-28,31-36H,17-18,29-30H2,1-14H3/i21D,22D,23D,24D,25D,26D,27D,28D. The van der Waals surface area contributed by atoms with E-state index >= 15 is 0 Å². The first kappa shape index (κ1) is 35.0. The minimum atomic E-state index is -0.699. The summed E-state index contributed by atoms with van der Waals surface area (Å²) in [6.45, 7) is 28.8. The van der Waals surface area contributed by atoms with Gasteiger partial charge in [-0.2, -0.15) is 0 Å². The third kappa shape index (κ3) is 6.36. The van der Waals surface area contributed by atoms with Gasteiger partial charge in [-0.1, -0.05) is 157 Å². The zero-order valence-corrected chi connectivity index (χ0v) is 42.2. The van der Waals surface area contributed by atoms with Crippen molar-refractivity contribution in [3.05, 3.63) is 136 Å². The maximum Gasteiger partial charge on any atom is 0.253 e. The van der Waals surface area contributed by atoms with Gasteiger partial charge in [0.2, 0.25) is 0 Å². The van der Waals surface area contributed by atoms with Crippen molar-refractivity contribution in [2.45, 2.75) is 155 Å². The molecular formula is C60H68BN3OS. The molecule has 3 aliphatic heterocycles. The lowest BCUT2D eigenvalue weighted by Gasteiger charge is -2.51. The minimum Gasteiger partial charge on any atom is -0.460 e. The summed E-state index contributed by atoms with van der Waals surface area (Å²) in [6.07, 6.45) is 4.05. The molecule has 0 amide bonds. The topological polar surface area (TPSA) is 22.9 Å². The van der Waals surface area contributed by atoms with Crippen LogP contribution >= 0.6 is 11.3 Å².